The standard InChI is InChI=1S/C23H19N3O2/c1-16-8-7-12-18(14-16)25-21-20(17-9-3-2-4-10-17)22(27)26(23(21)28)15-19-11-5-6-13-24-19/h2-14,25H,15H2,1H3. The van der Waals surface area contributed by atoms with Gasteiger partial charge in [-0.3, -0.25) is 19.5 Å². The molecule has 3 aromatic rings. The van der Waals surface area contributed by atoms with Gasteiger partial charge in [-0.05, 0) is 42.3 Å². The molecule has 0 bridgehead atoms. The van der Waals surface area contributed by atoms with Gasteiger partial charge >= 0.3 is 0 Å². The molecule has 1 aliphatic rings. The summed E-state index contributed by atoms with van der Waals surface area (Å²) in [5, 5.41) is 3.17. The Morgan fingerprint density at radius 3 is 2.39 bits per heavy atom. The van der Waals surface area contributed by atoms with Crippen LogP contribution >= 0.6 is 0 Å². The van der Waals surface area contributed by atoms with E-state index in [0.29, 0.717) is 16.8 Å². The van der Waals surface area contributed by atoms with E-state index in [2.05, 4.69) is 10.3 Å². The minimum atomic E-state index is -0.351. The molecule has 138 valence electrons. The van der Waals surface area contributed by atoms with E-state index in [9.17, 15) is 9.59 Å². The van der Waals surface area contributed by atoms with Gasteiger partial charge in [0.05, 0.1) is 17.8 Å². The molecule has 28 heavy (non-hydrogen) atoms. The average molecular weight is 369 g/mol. The fourth-order valence-electron chi connectivity index (χ4n) is 3.23. The van der Waals surface area contributed by atoms with Crippen LogP contribution in [0, 0.1) is 6.92 Å². The highest BCUT2D eigenvalue weighted by molar-refractivity contribution is 6.36. The quantitative estimate of drug-likeness (QED) is 0.695. The Labute approximate surface area is 163 Å². The van der Waals surface area contributed by atoms with Crippen LogP contribution in [0.1, 0.15) is 16.8 Å². The number of rotatable bonds is 5. The van der Waals surface area contributed by atoms with Crippen molar-refractivity contribution >= 4 is 23.1 Å². The summed E-state index contributed by atoms with van der Waals surface area (Å²) in [7, 11) is 0. The summed E-state index contributed by atoms with van der Waals surface area (Å²) < 4.78 is 0. The van der Waals surface area contributed by atoms with Crippen molar-refractivity contribution in [2.24, 2.45) is 0 Å². The van der Waals surface area contributed by atoms with Crippen LogP contribution in [0.2, 0.25) is 0 Å². The number of hydrogen-bond donors (Lipinski definition) is 1. The summed E-state index contributed by atoms with van der Waals surface area (Å²) in [5.41, 5.74) is 3.87. The van der Waals surface area contributed by atoms with E-state index in [4.69, 9.17) is 0 Å². The maximum absolute atomic E-state index is 13.2. The zero-order chi connectivity index (χ0) is 19.5. The summed E-state index contributed by atoms with van der Waals surface area (Å²) in [5.74, 6) is -0.673. The zero-order valence-corrected chi connectivity index (χ0v) is 15.4. The topological polar surface area (TPSA) is 62.3 Å². The zero-order valence-electron chi connectivity index (χ0n) is 15.4. The van der Waals surface area contributed by atoms with Crippen molar-refractivity contribution in [3.05, 3.63) is 102 Å². The molecule has 0 saturated heterocycles. The SMILES string of the molecule is Cc1cccc(NC2=C(c3ccccc3)C(=O)N(Cc3ccccn3)C2=O)c1. The van der Waals surface area contributed by atoms with Crippen molar-refractivity contribution in [1.82, 2.24) is 9.88 Å². The Hall–Kier alpha value is -3.73. The predicted molar refractivity (Wildman–Crippen MR) is 108 cm³/mol. The molecule has 4 rings (SSSR count). The largest absolute Gasteiger partial charge is 0.350 e. The van der Waals surface area contributed by atoms with Crippen molar-refractivity contribution in [3.8, 4) is 0 Å². The summed E-state index contributed by atoms with van der Waals surface area (Å²) in [4.78, 5) is 31.8. The number of amides is 2. The number of carbonyl (C=O) groups excluding carboxylic acids is 2. The molecular formula is C23H19N3O2. The number of carbonyl (C=O) groups is 2. The molecule has 0 unspecified atom stereocenters. The first-order chi connectivity index (χ1) is 13.6. The van der Waals surface area contributed by atoms with Crippen LogP contribution in [0.25, 0.3) is 5.57 Å². The lowest BCUT2D eigenvalue weighted by Crippen LogP contribution is -2.32. The summed E-state index contributed by atoms with van der Waals surface area (Å²) in [6.45, 7) is 2.11. The van der Waals surface area contributed by atoms with Crippen LogP contribution in [0.4, 0.5) is 5.69 Å². The molecule has 0 atom stereocenters. The van der Waals surface area contributed by atoms with Gasteiger partial charge in [0, 0.05) is 11.9 Å². The Bertz CT molecular complexity index is 1060. The Morgan fingerprint density at radius 1 is 0.893 bits per heavy atom. The summed E-state index contributed by atoms with van der Waals surface area (Å²) in [6, 6.07) is 22.4. The van der Waals surface area contributed by atoms with Crippen LogP contribution in [0.5, 0.6) is 0 Å². The molecule has 0 saturated carbocycles. The Balaban J connectivity index is 1.74. The van der Waals surface area contributed by atoms with Crippen LogP contribution in [0.3, 0.4) is 0 Å². The third-order valence-corrected chi connectivity index (χ3v) is 4.56. The van der Waals surface area contributed by atoms with Gasteiger partial charge in [0.1, 0.15) is 5.70 Å². The second-order valence-corrected chi connectivity index (χ2v) is 6.63. The molecule has 1 aliphatic heterocycles. The maximum Gasteiger partial charge on any atom is 0.278 e. The van der Waals surface area contributed by atoms with Crippen molar-refractivity contribution in [1.29, 1.82) is 0 Å². The first-order valence-corrected chi connectivity index (χ1v) is 9.03. The first-order valence-electron chi connectivity index (χ1n) is 9.03. The molecule has 2 heterocycles. The first kappa shape index (κ1) is 17.7. The molecule has 1 N–H and O–H groups in total. The highest BCUT2D eigenvalue weighted by atomic mass is 16.2. The molecule has 2 amide bonds. The highest BCUT2D eigenvalue weighted by Gasteiger charge is 2.39. The van der Waals surface area contributed by atoms with Crippen molar-refractivity contribution in [2.75, 3.05) is 5.32 Å². The lowest BCUT2D eigenvalue weighted by atomic mass is 10.0. The van der Waals surface area contributed by atoms with E-state index in [1.807, 2.05) is 67.6 Å². The van der Waals surface area contributed by atoms with Crippen LogP contribution in [0.15, 0.2) is 84.7 Å². The van der Waals surface area contributed by atoms with Crippen molar-refractivity contribution in [2.45, 2.75) is 13.5 Å². The molecule has 0 aliphatic carbocycles. The second-order valence-electron chi connectivity index (χ2n) is 6.63. The fraction of sp³-hybridized carbons (Fsp3) is 0.0870. The van der Waals surface area contributed by atoms with Gasteiger partial charge in [-0.15, -0.1) is 0 Å². The van der Waals surface area contributed by atoms with Crippen LogP contribution in [-0.2, 0) is 16.1 Å². The molecule has 2 aromatic carbocycles. The summed E-state index contributed by atoms with van der Waals surface area (Å²) in [6.07, 6.45) is 1.65. The Kier molecular flexibility index (Phi) is 4.72. The second kappa shape index (κ2) is 7.48. The van der Waals surface area contributed by atoms with E-state index in [1.165, 1.54) is 4.90 Å². The van der Waals surface area contributed by atoms with Crippen molar-refractivity contribution in [3.63, 3.8) is 0 Å². The predicted octanol–water partition coefficient (Wildman–Crippen LogP) is 3.78. The molecule has 0 radical (unpaired) electrons. The molecule has 0 fully saturated rings. The van der Waals surface area contributed by atoms with Crippen molar-refractivity contribution < 1.29 is 9.59 Å². The number of imide groups is 1. The lowest BCUT2D eigenvalue weighted by molar-refractivity contribution is -0.137. The monoisotopic (exact) mass is 369 g/mol. The van der Waals surface area contributed by atoms with Gasteiger partial charge in [-0.25, -0.2) is 0 Å². The number of aryl methyl sites for hydroxylation is 1. The van der Waals surface area contributed by atoms with Gasteiger partial charge in [0.25, 0.3) is 11.8 Å². The Morgan fingerprint density at radius 2 is 1.68 bits per heavy atom. The number of nitrogens with zero attached hydrogens (tertiary/aromatic N) is 2. The number of nitrogens with one attached hydrogen (secondary N) is 1. The average Bonchev–Trinajstić information content (AvgIpc) is 2.94. The van der Waals surface area contributed by atoms with Crippen LogP contribution in [-0.4, -0.2) is 21.7 Å². The normalized spacial score (nSPS) is 14.0. The number of aromatic nitrogens is 1. The number of pyridine rings is 1. The number of hydrogen-bond acceptors (Lipinski definition) is 4. The number of anilines is 1. The van der Waals surface area contributed by atoms with E-state index in [1.54, 1.807) is 18.3 Å². The molecule has 5 heteroatoms. The van der Waals surface area contributed by atoms with E-state index in [-0.39, 0.29) is 24.1 Å². The number of benzene rings is 2. The molecular weight excluding hydrogens is 350 g/mol. The molecule has 1 aromatic heterocycles. The smallest absolute Gasteiger partial charge is 0.278 e. The molecule has 0 spiro atoms. The minimum absolute atomic E-state index is 0.133. The van der Waals surface area contributed by atoms with Gasteiger partial charge in [-0.2, -0.15) is 0 Å². The molecule has 5 nitrogen and oxygen atoms in total. The van der Waals surface area contributed by atoms with E-state index < -0.39 is 0 Å². The fourth-order valence-corrected chi connectivity index (χ4v) is 3.23. The van der Waals surface area contributed by atoms with Gasteiger partial charge < -0.3 is 5.32 Å². The summed E-state index contributed by atoms with van der Waals surface area (Å²) >= 11 is 0. The minimum Gasteiger partial charge on any atom is -0.350 e. The van der Waals surface area contributed by atoms with Gasteiger partial charge in [0.15, 0.2) is 0 Å². The van der Waals surface area contributed by atoms with E-state index >= 15 is 0 Å². The van der Waals surface area contributed by atoms with Gasteiger partial charge in [0.2, 0.25) is 0 Å². The van der Waals surface area contributed by atoms with E-state index in [0.717, 1.165) is 11.3 Å². The third kappa shape index (κ3) is 3.42. The lowest BCUT2D eigenvalue weighted by Gasteiger charge is -2.14. The van der Waals surface area contributed by atoms with Crippen LogP contribution < -0.4 is 5.32 Å². The van der Waals surface area contributed by atoms with Gasteiger partial charge in [-0.1, -0.05) is 48.5 Å². The maximum atomic E-state index is 13.2. The highest BCUT2D eigenvalue weighted by Crippen LogP contribution is 2.31. The third-order valence-electron chi connectivity index (χ3n) is 4.56.